The van der Waals surface area contributed by atoms with E-state index in [0.717, 1.165) is 32.8 Å². The molecule has 1 aliphatic heterocycles. The zero-order valence-electron chi connectivity index (χ0n) is 13.3. The number of morpholine rings is 1. The second kappa shape index (κ2) is 7.64. The number of benzene rings is 1. The van der Waals surface area contributed by atoms with E-state index in [1.54, 1.807) is 0 Å². The number of aryl methyl sites for hydroxylation is 1. The van der Waals surface area contributed by atoms with Crippen LogP contribution in [0.2, 0.25) is 0 Å². The number of nitrogens with two attached hydrogens (primary N) is 1. The summed E-state index contributed by atoms with van der Waals surface area (Å²) in [6, 6.07) is 8.78. The van der Waals surface area contributed by atoms with Crippen LogP contribution in [0.3, 0.4) is 0 Å². The third kappa shape index (κ3) is 3.74. The predicted octanol–water partition coefficient (Wildman–Crippen LogP) is 2.55. The average Bonchev–Trinajstić information content (AvgIpc) is 2.54. The molecule has 5 heteroatoms. The Morgan fingerprint density at radius 1 is 1.32 bits per heavy atom. The number of hydrogen-bond acceptors (Lipinski definition) is 2. The molecule has 1 aromatic carbocycles. The molecule has 1 atom stereocenters. The van der Waals surface area contributed by atoms with Gasteiger partial charge in [0.15, 0.2) is 5.96 Å². The van der Waals surface area contributed by atoms with E-state index in [1.165, 1.54) is 30.4 Å². The molecule has 1 aromatic rings. The maximum Gasteiger partial charge on any atom is 0.191 e. The summed E-state index contributed by atoms with van der Waals surface area (Å²) in [6.45, 7) is 6.28. The van der Waals surface area contributed by atoms with E-state index in [2.05, 4.69) is 36.1 Å². The lowest BCUT2D eigenvalue weighted by molar-refractivity contribution is 0.0673. The normalized spacial score (nSPS) is 25.3. The molecular formula is C17H26IN3O. The van der Waals surface area contributed by atoms with Crippen molar-refractivity contribution in [3.05, 3.63) is 35.4 Å². The first-order chi connectivity index (χ1) is 10.2. The molecule has 1 fully saturated rings. The average molecular weight is 415 g/mol. The van der Waals surface area contributed by atoms with Crippen molar-refractivity contribution in [2.75, 3.05) is 32.8 Å². The van der Waals surface area contributed by atoms with Gasteiger partial charge in [0, 0.05) is 18.5 Å². The number of guanidine groups is 1. The van der Waals surface area contributed by atoms with Crippen LogP contribution in [-0.2, 0) is 16.6 Å². The van der Waals surface area contributed by atoms with Gasteiger partial charge < -0.3 is 15.4 Å². The van der Waals surface area contributed by atoms with Gasteiger partial charge in [0.25, 0.3) is 0 Å². The summed E-state index contributed by atoms with van der Waals surface area (Å²) in [5.41, 5.74) is 9.21. The van der Waals surface area contributed by atoms with Crippen LogP contribution in [0.1, 0.15) is 30.9 Å². The Hall–Kier alpha value is -0.820. The summed E-state index contributed by atoms with van der Waals surface area (Å²) in [5.74, 6) is 0.669. The van der Waals surface area contributed by atoms with Crippen LogP contribution in [0.4, 0.5) is 0 Å². The van der Waals surface area contributed by atoms with Crippen molar-refractivity contribution in [3.8, 4) is 0 Å². The highest BCUT2D eigenvalue weighted by Gasteiger charge is 2.31. The van der Waals surface area contributed by atoms with Crippen LogP contribution < -0.4 is 5.73 Å². The molecule has 1 aliphatic carbocycles. The lowest BCUT2D eigenvalue weighted by Crippen LogP contribution is -2.45. The number of aliphatic imine (C=N–C) groups is 1. The number of hydrogen-bond donors (Lipinski definition) is 1. The highest BCUT2D eigenvalue weighted by atomic mass is 127. The molecule has 3 rings (SSSR count). The number of fused-ring (bicyclic) bond motifs is 1. The fourth-order valence-electron chi connectivity index (χ4n) is 3.44. The molecule has 1 heterocycles. The van der Waals surface area contributed by atoms with Crippen molar-refractivity contribution in [1.29, 1.82) is 0 Å². The number of ether oxygens (including phenoxy) is 1. The van der Waals surface area contributed by atoms with E-state index in [-0.39, 0.29) is 29.4 Å². The van der Waals surface area contributed by atoms with E-state index in [1.807, 2.05) is 0 Å². The van der Waals surface area contributed by atoms with Crippen LogP contribution in [0.15, 0.2) is 29.3 Å². The van der Waals surface area contributed by atoms with Crippen molar-refractivity contribution >= 4 is 29.9 Å². The maximum atomic E-state index is 6.16. The van der Waals surface area contributed by atoms with Gasteiger partial charge in [0.2, 0.25) is 0 Å². The molecule has 0 aromatic heterocycles. The number of rotatable bonds is 2. The molecule has 0 saturated carbocycles. The highest BCUT2D eigenvalue weighted by Crippen LogP contribution is 2.37. The van der Waals surface area contributed by atoms with Gasteiger partial charge in [-0.25, -0.2) is 0 Å². The van der Waals surface area contributed by atoms with Crippen molar-refractivity contribution in [2.45, 2.75) is 31.6 Å². The molecule has 0 radical (unpaired) electrons. The minimum atomic E-state index is 0. The first kappa shape index (κ1) is 17.5. The van der Waals surface area contributed by atoms with Gasteiger partial charge in [-0.3, -0.25) is 4.99 Å². The van der Waals surface area contributed by atoms with E-state index in [9.17, 15) is 0 Å². The second-order valence-electron chi connectivity index (χ2n) is 6.35. The Labute approximate surface area is 150 Å². The molecule has 122 valence electrons. The van der Waals surface area contributed by atoms with Gasteiger partial charge in [-0.2, -0.15) is 0 Å². The van der Waals surface area contributed by atoms with Gasteiger partial charge in [-0.15, -0.1) is 24.0 Å². The quantitative estimate of drug-likeness (QED) is 0.459. The van der Waals surface area contributed by atoms with Crippen LogP contribution >= 0.6 is 24.0 Å². The molecule has 1 saturated heterocycles. The van der Waals surface area contributed by atoms with Gasteiger partial charge >= 0.3 is 0 Å². The molecule has 0 spiro atoms. The summed E-state index contributed by atoms with van der Waals surface area (Å²) >= 11 is 0. The van der Waals surface area contributed by atoms with E-state index >= 15 is 0 Å². The fraction of sp³-hybridized carbons (Fsp3) is 0.588. The summed E-state index contributed by atoms with van der Waals surface area (Å²) < 4.78 is 5.36. The number of nitrogens with zero attached hydrogens (tertiary/aromatic N) is 2. The van der Waals surface area contributed by atoms with Crippen LogP contribution in [-0.4, -0.2) is 43.7 Å². The molecule has 2 N–H and O–H groups in total. The first-order valence-corrected chi connectivity index (χ1v) is 7.90. The van der Waals surface area contributed by atoms with Crippen LogP contribution in [0, 0.1) is 0 Å². The van der Waals surface area contributed by atoms with E-state index < -0.39 is 0 Å². The standard InChI is InChI=1S/C17H25N3O.HI/c1-17(8-4-6-14-5-2-3-7-15(14)17)13-19-16(18)20-9-11-21-12-10-20;/h2-3,5,7H,4,6,8-13H2,1H3,(H2,18,19);1H. The molecule has 0 bridgehead atoms. The smallest absolute Gasteiger partial charge is 0.191 e. The molecule has 1 unspecified atom stereocenters. The molecule has 4 nitrogen and oxygen atoms in total. The summed E-state index contributed by atoms with van der Waals surface area (Å²) in [5, 5.41) is 0. The third-order valence-electron chi connectivity index (χ3n) is 4.77. The Bertz CT molecular complexity index is 528. The Morgan fingerprint density at radius 2 is 2.05 bits per heavy atom. The minimum absolute atomic E-state index is 0. The van der Waals surface area contributed by atoms with Crippen molar-refractivity contribution in [2.24, 2.45) is 10.7 Å². The zero-order valence-corrected chi connectivity index (χ0v) is 15.6. The molecule has 2 aliphatic rings. The predicted molar refractivity (Wildman–Crippen MR) is 101 cm³/mol. The van der Waals surface area contributed by atoms with Crippen LogP contribution in [0.5, 0.6) is 0 Å². The summed E-state index contributed by atoms with van der Waals surface area (Å²) in [7, 11) is 0. The molecule has 0 amide bonds. The van der Waals surface area contributed by atoms with Crippen LogP contribution in [0.25, 0.3) is 0 Å². The zero-order chi connectivity index (χ0) is 14.7. The Balaban J connectivity index is 0.00000176. The van der Waals surface area contributed by atoms with E-state index in [4.69, 9.17) is 15.5 Å². The molecular weight excluding hydrogens is 389 g/mol. The lowest BCUT2D eigenvalue weighted by Gasteiger charge is -2.35. The topological polar surface area (TPSA) is 50.8 Å². The molecule has 22 heavy (non-hydrogen) atoms. The Morgan fingerprint density at radius 3 is 2.82 bits per heavy atom. The SMILES string of the molecule is CC1(CN=C(N)N2CCOCC2)CCCc2ccccc21.I. The summed E-state index contributed by atoms with van der Waals surface area (Å²) in [4.78, 5) is 6.83. The van der Waals surface area contributed by atoms with Gasteiger partial charge in [0.1, 0.15) is 0 Å². The maximum absolute atomic E-state index is 6.16. The second-order valence-corrected chi connectivity index (χ2v) is 6.35. The van der Waals surface area contributed by atoms with Gasteiger partial charge in [-0.1, -0.05) is 31.2 Å². The van der Waals surface area contributed by atoms with Gasteiger partial charge in [0.05, 0.1) is 19.8 Å². The highest BCUT2D eigenvalue weighted by molar-refractivity contribution is 14.0. The fourth-order valence-corrected chi connectivity index (χ4v) is 3.44. The van der Waals surface area contributed by atoms with E-state index in [0.29, 0.717) is 5.96 Å². The van der Waals surface area contributed by atoms with Crippen molar-refractivity contribution in [3.63, 3.8) is 0 Å². The number of halogens is 1. The van der Waals surface area contributed by atoms with Crippen molar-refractivity contribution < 1.29 is 4.74 Å². The first-order valence-electron chi connectivity index (χ1n) is 7.90. The van der Waals surface area contributed by atoms with Gasteiger partial charge in [-0.05, 0) is 30.4 Å². The summed E-state index contributed by atoms with van der Waals surface area (Å²) in [6.07, 6.45) is 3.61. The largest absolute Gasteiger partial charge is 0.378 e. The third-order valence-corrected chi connectivity index (χ3v) is 4.77. The monoisotopic (exact) mass is 415 g/mol. The minimum Gasteiger partial charge on any atom is -0.378 e. The lowest BCUT2D eigenvalue weighted by atomic mass is 9.71. The Kier molecular flexibility index (Phi) is 6.09. The van der Waals surface area contributed by atoms with Crippen molar-refractivity contribution in [1.82, 2.24) is 4.90 Å².